The Balaban J connectivity index is 1.80. The van der Waals surface area contributed by atoms with Gasteiger partial charge in [0.2, 0.25) is 0 Å². The quantitative estimate of drug-likeness (QED) is 0.575. The van der Waals surface area contributed by atoms with E-state index in [0.29, 0.717) is 0 Å². The average Bonchev–Trinajstić information content (AvgIpc) is 3.17. The second-order valence-electron chi connectivity index (χ2n) is 5.23. The molecule has 0 fully saturated rings. The number of nitrogens with one attached hydrogen (secondary N) is 2. The van der Waals surface area contributed by atoms with Crippen molar-refractivity contribution < 1.29 is 4.42 Å². The van der Waals surface area contributed by atoms with Crippen LogP contribution in [0, 0.1) is 6.92 Å². The summed E-state index contributed by atoms with van der Waals surface area (Å²) in [5.74, 6) is 1.83. The highest BCUT2D eigenvalue weighted by atomic mass is 32.1. The first kappa shape index (κ1) is 17.5. The van der Waals surface area contributed by atoms with E-state index in [0.717, 1.165) is 50.6 Å². The van der Waals surface area contributed by atoms with Crippen molar-refractivity contribution in [3.63, 3.8) is 0 Å². The fraction of sp³-hybridized carbons (Fsp3) is 0.529. The van der Waals surface area contributed by atoms with Crippen molar-refractivity contribution >= 4 is 17.3 Å². The molecule has 0 aromatic carbocycles. The molecule has 0 amide bonds. The lowest BCUT2D eigenvalue weighted by atomic mass is 10.3. The summed E-state index contributed by atoms with van der Waals surface area (Å²) in [6.45, 7) is 8.76. The Morgan fingerprint density at radius 2 is 2.17 bits per heavy atom. The topological polar surface area (TPSA) is 62.5 Å². The zero-order valence-corrected chi connectivity index (χ0v) is 15.0. The number of rotatable bonds is 8. The van der Waals surface area contributed by atoms with Crippen molar-refractivity contribution in [2.75, 3.05) is 19.6 Å². The van der Waals surface area contributed by atoms with Crippen LogP contribution >= 0.6 is 11.3 Å². The first-order valence-electron chi connectivity index (χ1n) is 8.22. The van der Waals surface area contributed by atoms with E-state index in [1.807, 2.05) is 12.1 Å². The summed E-state index contributed by atoms with van der Waals surface area (Å²) in [4.78, 5) is 10.6. The molecule has 2 heterocycles. The Bertz CT molecular complexity index is 604. The third kappa shape index (κ3) is 5.71. The minimum Gasteiger partial charge on any atom is -0.469 e. The van der Waals surface area contributed by atoms with Crippen LogP contribution in [-0.2, 0) is 19.3 Å². The molecule has 5 nitrogen and oxygen atoms in total. The molecule has 0 aliphatic heterocycles. The summed E-state index contributed by atoms with van der Waals surface area (Å²) in [7, 11) is 0. The molecule has 2 rings (SSSR count). The Hall–Kier alpha value is -1.82. The number of aliphatic imine (C=N–C) groups is 1. The maximum absolute atomic E-state index is 5.33. The van der Waals surface area contributed by atoms with Gasteiger partial charge in [-0.15, -0.1) is 11.3 Å². The minimum absolute atomic E-state index is 0.742. The molecule has 126 valence electrons. The highest BCUT2D eigenvalue weighted by Crippen LogP contribution is 2.18. The molecule has 6 heteroatoms. The molecular weight excluding hydrogens is 308 g/mol. The predicted octanol–water partition coefficient (Wildman–Crippen LogP) is 2.95. The van der Waals surface area contributed by atoms with E-state index in [9.17, 15) is 0 Å². The van der Waals surface area contributed by atoms with Gasteiger partial charge < -0.3 is 15.1 Å². The number of hydrogen-bond acceptors (Lipinski definition) is 4. The van der Waals surface area contributed by atoms with Crippen molar-refractivity contribution in [2.24, 2.45) is 4.99 Å². The van der Waals surface area contributed by atoms with Gasteiger partial charge in [0, 0.05) is 37.4 Å². The van der Waals surface area contributed by atoms with E-state index < -0.39 is 0 Å². The van der Waals surface area contributed by atoms with Crippen LogP contribution in [0.2, 0.25) is 0 Å². The van der Waals surface area contributed by atoms with Gasteiger partial charge in [0.05, 0.1) is 17.0 Å². The lowest BCUT2D eigenvalue weighted by molar-refractivity contribution is 0.507. The molecule has 0 bridgehead atoms. The molecule has 2 aromatic rings. The van der Waals surface area contributed by atoms with E-state index in [4.69, 9.17) is 4.42 Å². The molecule has 23 heavy (non-hydrogen) atoms. The molecule has 0 aliphatic carbocycles. The van der Waals surface area contributed by atoms with Crippen LogP contribution in [0.15, 0.2) is 27.8 Å². The summed E-state index contributed by atoms with van der Waals surface area (Å²) >= 11 is 1.79. The molecule has 2 N–H and O–H groups in total. The number of aromatic nitrogens is 1. The van der Waals surface area contributed by atoms with Crippen molar-refractivity contribution in [1.82, 2.24) is 15.6 Å². The Morgan fingerprint density at radius 3 is 2.83 bits per heavy atom. The van der Waals surface area contributed by atoms with Crippen LogP contribution in [0.1, 0.15) is 35.2 Å². The first-order valence-corrected chi connectivity index (χ1v) is 9.04. The van der Waals surface area contributed by atoms with Gasteiger partial charge in [0.25, 0.3) is 0 Å². The summed E-state index contributed by atoms with van der Waals surface area (Å²) in [6.07, 6.45) is 4.45. The number of aryl methyl sites for hydroxylation is 2. The zero-order chi connectivity index (χ0) is 16.5. The van der Waals surface area contributed by atoms with Crippen LogP contribution in [0.4, 0.5) is 0 Å². The Labute approximate surface area is 142 Å². The summed E-state index contributed by atoms with van der Waals surface area (Å²) < 4.78 is 5.33. The second kappa shape index (κ2) is 9.35. The van der Waals surface area contributed by atoms with Gasteiger partial charge in [-0.3, -0.25) is 4.99 Å². The zero-order valence-electron chi connectivity index (χ0n) is 14.2. The fourth-order valence-electron chi connectivity index (χ4n) is 2.29. The average molecular weight is 334 g/mol. The lowest BCUT2D eigenvalue weighted by Gasteiger charge is -2.10. The molecule has 0 unspecified atom stereocenters. The Kier molecular flexibility index (Phi) is 7.13. The van der Waals surface area contributed by atoms with Crippen molar-refractivity contribution in [3.8, 4) is 0 Å². The third-order valence-electron chi connectivity index (χ3n) is 3.46. The summed E-state index contributed by atoms with van der Waals surface area (Å²) in [6, 6.07) is 3.90. The second-order valence-corrected chi connectivity index (χ2v) is 6.52. The number of nitrogens with zero attached hydrogens (tertiary/aromatic N) is 2. The maximum Gasteiger partial charge on any atom is 0.191 e. The van der Waals surface area contributed by atoms with Crippen molar-refractivity contribution in [1.29, 1.82) is 0 Å². The number of thiazole rings is 1. The van der Waals surface area contributed by atoms with E-state index in [1.54, 1.807) is 17.6 Å². The SMILES string of the molecule is CCNC(=NCCc1nc(CC)c(C)s1)NCCc1ccco1. The maximum atomic E-state index is 5.33. The monoisotopic (exact) mass is 334 g/mol. The van der Waals surface area contributed by atoms with Crippen LogP contribution in [0.5, 0.6) is 0 Å². The molecule has 0 aliphatic rings. The van der Waals surface area contributed by atoms with Gasteiger partial charge in [0.15, 0.2) is 5.96 Å². The van der Waals surface area contributed by atoms with Gasteiger partial charge in [-0.25, -0.2) is 4.98 Å². The van der Waals surface area contributed by atoms with Crippen molar-refractivity contribution in [2.45, 2.75) is 40.0 Å². The molecule has 0 saturated carbocycles. The van der Waals surface area contributed by atoms with E-state index >= 15 is 0 Å². The van der Waals surface area contributed by atoms with E-state index in [1.165, 1.54) is 15.6 Å². The molecule has 0 radical (unpaired) electrons. The smallest absolute Gasteiger partial charge is 0.191 e. The number of hydrogen-bond donors (Lipinski definition) is 2. The first-order chi connectivity index (χ1) is 11.2. The van der Waals surface area contributed by atoms with E-state index in [-0.39, 0.29) is 0 Å². The van der Waals surface area contributed by atoms with Crippen LogP contribution in [0.25, 0.3) is 0 Å². The van der Waals surface area contributed by atoms with Gasteiger partial charge in [-0.05, 0) is 32.4 Å². The molecule has 0 spiro atoms. The third-order valence-corrected chi connectivity index (χ3v) is 4.53. The highest BCUT2D eigenvalue weighted by molar-refractivity contribution is 7.11. The van der Waals surface area contributed by atoms with Gasteiger partial charge in [-0.2, -0.15) is 0 Å². The normalized spacial score (nSPS) is 11.7. The number of furan rings is 1. The number of guanidine groups is 1. The molecule has 2 aromatic heterocycles. The molecule has 0 atom stereocenters. The van der Waals surface area contributed by atoms with E-state index in [2.05, 4.69) is 41.4 Å². The predicted molar refractivity (Wildman–Crippen MR) is 96.3 cm³/mol. The summed E-state index contributed by atoms with van der Waals surface area (Å²) in [5, 5.41) is 7.78. The minimum atomic E-state index is 0.742. The van der Waals surface area contributed by atoms with Gasteiger partial charge in [-0.1, -0.05) is 6.92 Å². The highest BCUT2D eigenvalue weighted by Gasteiger charge is 2.05. The molecular formula is C17H26N4OS. The lowest BCUT2D eigenvalue weighted by Crippen LogP contribution is -2.38. The van der Waals surface area contributed by atoms with Crippen molar-refractivity contribution in [3.05, 3.63) is 39.7 Å². The van der Waals surface area contributed by atoms with Gasteiger partial charge >= 0.3 is 0 Å². The summed E-state index contributed by atoms with van der Waals surface area (Å²) in [5.41, 5.74) is 1.22. The standard InChI is InChI=1S/C17H26N4OS/c1-4-15-13(3)23-16(21-15)9-11-20-17(18-5-2)19-10-8-14-7-6-12-22-14/h6-7,12H,4-5,8-11H2,1-3H3,(H2,18,19,20). The Morgan fingerprint density at radius 1 is 1.30 bits per heavy atom. The fourth-order valence-corrected chi connectivity index (χ4v) is 3.30. The van der Waals surface area contributed by atoms with Crippen LogP contribution in [0.3, 0.4) is 0 Å². The van der Waals surface area contributed by atoms with Crippen LogP contribution in [-0.4, -0.2) is 30.6 Å². The molecule has 0 saturated heterocycles. The largest absolute Gasteiger partial charge is 0.469 e. The van der Waals surface area contributed by atoms with Crippen LogP contribution < -0.4 is 10.6 Å². The van der Waals surface area contributed by atoms with Gasteiger partial charge in [0.1, 0.15) is 5.76 Å².